The molecule has 1 N–H and O–H groups in total. The third-order valence-corrected chi connectivity index (χ3v) is 4.85. The van der Waals surface area contributed by atoms with Crippen LogP contribution >= 0.6 is 11.6 Å². The Kier molecular flexibility index (Phi) is 5.45. The lowest BCUT2D eigenvalue weighted by molar-refractivity contribution is 0.305. The first-order valence-corrected chi connectivity index (χ1v) is 9.44. The van der Waals surface area contributed by atoms with Crippen LogP contribution in [0.15, 0.2) is 84.9 Å². The molecule has 0 atom stereocenters. The lowest BCUT2D eigenvalue weighted by Gasteiger charge is -2.14. The Morgan fingerprint density at radius 2 is 1.61 bits per heavy atom. The van der Waals surface area contributed by atoms with Crippen LogP contribution in [0, 0.1) is 5.82 Å². The molecule has 0 saturated carbocycles. The molecule has 0 saturated heterocycles. The van der Waals surface area contributed by atoms with Gasteiger partial charge in [0.15, 0.2) is 0 Å². The van der Waals surface area contributed by atoms with E-state index in [1.54, 1.807) is 12.1 Å². The van der Waals surface area contributed by atoms with Crippen LogP contribution < -0.4 is 10.1 Å². The maximum Gasteiger partial charge on any atom is 0.124 e. The second-order valence-corrected chi connectivity index (χ2v) is 6.98. The Bertz CT molecular complexity index is 1090. The highest BCUT2D eigenvalue weighted by atomic mass is 35.5. The Morgan fingerprint density at radius 1 is 0.821 bits per heavy atom. The molecule has 0 bridgehead atoms. The van der Waals surface area contributed by atoms with E-state index in [2.05, 4.69) is 29.6 Å². The number of rotatable bonds is 6. The van der Waals surface area contributed by atoms with Gasteiger partial charge in [-0.3, -0.25) is 0 Å². The van der Waals surface area contributed by atoms with Crippen LogP contribution in [0.3, 0.4) is 0 Å². The minimum Gasteiger partial charge on any atom is -0.489 e. The molecule has 4 aromatic carbocycles. The van der Waals surface area contributed by atoms with Gasteiger partial charge in [0.25, 0.3) is 0 Å². The molecule has 0 aliphatic heterocycles. The second kappa shape index (κ2) is 8.32. The van der Waals surface area contributed by atoms with E-state index in [0.29, 0.717) is 18.2 Å². The van der Waals surface area contributed by atoms with E-state index in [1.807, 2.05) is 36.4 Å². The lowest BCUT2D eigenvalue weighted by atomic mass is 10.1. The highest BCUT2D eigenvalue weighted by Crippen LogP contribution is 2.26. The molecule has 0 aromatic heterocycles. The molecular formula is C24H19ClFNO. The second-order valence-electron chi connectivity index (χ2n) is 6.54. The average Bonchev–Trinajstić information content (AvgIpc) is 2.72. The van der Waals surface area contributed by atoms with Gasteiger partial charge in [-0.25, -0.2) is 4.39 Å². The van der Waals surface area contributed by atoms with Gasteiger partial charge in [0.2, 0.25) is 0 Å². The molecule has 0 spiro atoms. The van der Waals surface area contributed by atoms with Crippen molar-refractivity contribution in [2.24, 2.45) is 0 Å². The number of hydrogen-bond donors (Lipinski definition) is 1. The van der Waals surface area contributed by atoms with Crippen LogP contribution in [0.4, 0.5) is 10.1 Å². The maximum atomic E-state index is 13.1. The number of benzene rings is 4. The van der Waals surface area contributed by atoms with Crippen molar-refractivity contribution < 1.29 is 9.13 Å². The van der Waals surface area contributed by atoms with Gasteiger partial charge in [-0.2, -0.15) is 0 Å². The van der Waals surface area contributed by atoms with Crippen LogP contribution in [0.2, 0.25) is 5.02 Å². The van der Waals surface area contributed by atoms with Crippen LogP contribution in [0.25, 0.3) is 10.8 Å². The highest BCUT2D eigenvalue weighted by molar-refractivity contribution is 6.30. The van der Waals surface area contributed by atoms with Crippen LogP contribution in [0.1, 0.15) is 11.1 Å². The zero-order valence-corrected chi connectivity index (χ0v) is 15.9. The van der Waals surface area contributed by atoms with E-state index in [-0.39, 0.29) is 5.82 Å². The standard InChI is InChI=1S/C24H19ClFNO/c25-20-8-13-24(19(14-20)15-27-22-11-9-21(26)10-12-22)28-16-18-6-3-5-17-4-1-2-7-23(17)18/h1-14,27H,15-16H2. The van der Waals surface area contributed by atoms with Crippen LogP contribution in [-0.4, -0.2) is 0 Å². The van der Waals surface area contributed by atoms with Gasteiger partial charge in [0.05, 0.1) is 0 Å². The van der Waals surface area contributed by atoms with Crippen molar-refractivity contribution >= 4 is 28.1 Å². The highest BCUT2D eigenvalue weighted by Gasteiger charge is 2.07. The fraction of sp³-hybridized carbons (Fsp3) is 0.0833. The van der Waals surface area contributed by atoms with E-state index in [9.17, 15) is 4.39 Å². The predicted molar refractivity (Wildman–Crippen MR) is 113 cm³/mol. The Hall–Kier alpha value is -3.04. The number of hydrogen-bond acceptors (Lipinski definition) is 2. The van der Waals surface area contributed by atoms with Crippen LogP contribution in [-0.2, 0) is 13.2 Å². The summed E-state index contributed by atoms with van der Waals surface area (Å²) in [4.78, 5) is 0. The first kappa shape index (κ1) is 18.3. The topological polar surface area (TPSA) is 21.3 Å². The number of fused-ring (bicyclic) bond motifs is 1. The van der Waals surface area contributed by atoms with Gasteiger partial charge in [-0.15, -0.1) is 0 Å². The van der Waals surface area contributed by atoms with E-state index in [0.717, 1.165) is 22.6 Å². The first-order valence-electron chi connectivity index (χ1n) is 9.06. The summed E-state index contributed by atoms with van der Waals surface area (Å²) < 4.78 is 19.2. The number of ether oxygens (including phenoxy) is 1. The maximum absolute atomic E-state index is 13.1. The van der Waals surface area contributed by atoms with E-state index < -0.39 is 0 Å². The molecule has 0 heterocycles. The largest absolute Gasteiger partial charge is 0.489 e. The molecule has 2 nitrogen and oxygen atoms in total. The summed E-state index contributed by atoms with van der Waals surface area (Å²) in [6.07, 6.45) is 0. The molecule has 4 heteroatoms. The normalized spacial score (nSPS) is 10.8. The van der Waals surface area contributed by atoms with Gasteiger partial charge in [0, 0.05) is 22.8 Å². The van der Waals surface area contributed by atoms with E-state index >= 15 is 0 Å². The first-order chi connectivity index (χ1) is 13.7. The fourth-order valence-corrected chi connectivity index (χ4v) is 3.36. The lowest BCUT2D eigenvalue weighted by Crippen LogP contribution is -2.04. The average molecular weight is 392 g/mol. The molecule has 4 rings (SSSR count). The molecule has 0 amide bonds. The molecule has 0 radical (unpaired) electrons. The third-order valence-electron chi connectivity index (χ3n) is 4.61. The minimum atomic E-state index is -0.257. The Balaban J connectivity index is 1.52. The quantitative estimate of drug-likeness (QED) is 0.389. The smallest absolute Gasteiger partial charge is 0.124 e. The van der Waals surface area contributed by atoms with Crippen molar-refractivity contribution in [3.8, 4) is 5.75 Å². The summed E-state index contributed by atoms with van der Waals surface area (Å²) >= 11 is 6.18. The molecule has 0 fully saturated rings. The van der Waals surface area contributed by atoms with Gasteiger partial charge in [-0.1, -0.05) is 54.1 Å². The summed E-state index contributed by atoms with van der Waals surface area (Å²) in [5.41, 5.74) is 2.91. The van der Waals surface area contributed by atoms with Gasteiger partial charge < -0.3 is 10.1 Å². The minimum absolute atomic E-state index is 0.257. The molecule has 4 aromatic rings. The van der Waals surface area contributed by atoms with Crippen molar-refractivity contribution in [3.05, 3.63) is 107 Å². The Labute approximate surface area is 168 Å². The zero-order chi connectivity index (χ0) is 19.3. The SMILES string of the molecule is Fc1ccc(NCc2cc(Cl)ccc2OCc2cccc3ccccc23)cc1. The molecule has 140 valence electrons. The summed E-state index contributed by atoms with van der Waals surface area (Å²) in [5, 5.41) is 6.30. The van der Waals surface area contributed by atoms with E-state index in [1.165, 1.54) is 22.9 Å². The van der Waals surface area contributed by atoms with Crippen molar-refractivity contribution in [1.82, 2.24) is 0 Å². The van der Waals surface area contributed by atoms with Crippen molar-refractivity contribution in [3.63, 3.8) is 0 Å². The molecular weight excluding hydrogens is 373 g/mol. The monoisotopic (exact) mass is 391 g/mol. The number of anilines is 1. The van der Waals surface area contributed by atoms with Gasteiger partial charge in [0.1, 0.15) is 18.2 Å². The van der Waals surface area contributed by atoms with Crippen LogP contribution in [0.5, 0.6) is 5.75 Å². The summed E-state index contributed by atoms with van der Waals surface area (Å²) in [7, 11) is 0. The third kappa shape index (κ3) is 4.26. The molecule has 0 aliphatic rings. The number of nitrogens with one attached hydrogen (secondary N) is 1. The zero-order valence-electron chi connectivity index (χ0n) is 15.2. The van der Waals surface area contributed by atoms with Crippen molar-refractivity contribution in [2.45, 2.75) is 13.2 Å². The molecule has 0 aliphatic carbocycles. The van der Waals surface area contributed by atoms with Crippen molar-refractivity contribution in [2.75, 3.05) is 5.32 Å². The molecule has 28 heavy (non-hydrogen) atoms. The van der Waals surface area contributed by atoms with Crippen molar-refractivity contribution in [1.29, 1.82) is 0 Å². The van der Waals surface area contributed by atoms with Gasteiger partial charge >= 0.3 is 0 Å². The molecule has 0 unspecified atom stereocenters. The summed E-state index contributed by atoms with van der Waals surface area (Å²) in [6, 6.07) is 26.3. The van der Waals surface area contributed by atoms with Gasteiger partial charge in [-0.05, 0) is 58.8 Å². The number of halogens is 2. The predicted octanol–water partition coefficient (Wildman–Crippen LogP) is 6.82. The fourth-order valence-electron chi connectivity index (χ4n) is 3.17. The summed E-state index contributed by atoms with van der Waals surface area (Å²) in [5.74, 6) is 0.513. The van der Waals surface area contributed by atoms with E-state index in [4.69, 9.17) is 16.3 Å². The summed E-state index contributed by atoms with van der Waals surface area (Å²) in [6.45, 7) is 0.990. The Morgan fingerprint density at radius 3 is 2.46 bits per heavy atom.